The van der Waals surface area contributed by atoms with Crippen molar-refractivity contribution < 1.29 is 0 Å². The van der Waals surface area contributed by atoms with Crippen LogP contribution in [0.4, 0.5) is 0 Å². The van der Waals surface area contributed by atoms with Crippen LogP contribution in [0.1, 0.15) is 31.4 Å². The van der Waals surface area contributed by atoms with Crippen molar-refractivity contribution in [1.29, 1.82) is 0 Å². The predicted molar refractivity (Wildman–Crippen MR) is 62.9 cm³/mol. The van der Waals surface area contributed by atoms with Gasteiger partial charge in [0.25, 0.3) is 0 Å². The molecule has 2 N–H and O–H groups in total. The Morgan fingerprint density at radius 1 is 1.64 bits per heavy atom. The van der Waals surface area contributed by atoms with Crippen LogP contribution in [0.25, 0.3) is 0 Å². The molecule has 1 atom stereocenters. The van der Waals surface area contributed by atoms with Crippen LogP contribution in [0.3, 0.4) is 0 Å². The molecule has 0 aliphatic rings. The first-order chi connectivity index (χ1) is 6.75. The Morgan fingerprint density at radius 2 is 2.43 bits per heavy atom. The van der Waals surface area contributed by atoms with Crippen molar-refractivity contribution in [2.45, 2.75) is 25.8 Å². The van der Waals surface area contributed by atoms with Crippen LogP contribution >= 0.6 is 15.9 Å². The molecule has 0 amide bonds. The van der Waals surface area contributed by atoms with Crippen LogP contribution in [0.15, 0.2) is 35.1 Å². The van der Waals surface area contributed by atoms with E-state index in [9.17, 15) is 0 Å². The lowest BCUT2D eigenvalue weighted by atomic mass is 10.0. The van der Waals surface area contributed by atoms with Crippen LogP contribution in [0.2, 0.25) is 0 Å². The second kappa shape index (κ2) is 5.94. The van der Waals surface area contributed by atoms with Gasteiger partial charge in [-0.3, -0.25) is 4.98 Å². The fourth-order valence-electron chi connectivity index (χ4n) is 1.28. The summed E-state index contributed by atoms with van der Waals surface area (Å²) in [6.45, 7) is 2.02. The third-order valence-electron chi connectivity index (χ3n) is 2.08. The van der Waals surface area contributed by atoms with Crippen molar-refractivity contribution in [3.8, 4) is 0 Å². The average molecular weight is 255 g/mol. The molecule has 0 saturated carbocycles. The molecule has 3 heteroatoms. The zero-order valence-electron chi connectivity index (χ0n) is 8.28. The molecular weight excluding hydrogens is 240 g/mol. The predicted octanol–water partition coefficient (Wildman–Crippen LogP) is 3.20. The second-order valence-corrected chi connectivity index (χ2v) is 4.00. The number of nitrogens with zero attached hydrogens (tertiary/aromatic N) is 1. The van der Waals surface area contributed by atoms with Crippen molar-refractivity contribution in [3.63, 3.8) is 0 Å². The summed E-state index contributed by atoms with van der Waals surface area (Å²) < 4.78 is 0.993. The van der Waals surface area contributed by atoms with Gasteiger partial charge in [0.1, 0.15) is 0 Å². The van der Waals surface area contributed by atoms with Gasteiger partial charge in [-0.2, -0.15) is 0 Å². The Balaban J connectivity index is 2.60. The van der Waals surface area contributed by atoms with E-state index in [1.165, 1.54) is 0 Å². The Morgan fingerprint density at radius 3 is 3.07 bits per heavy atom. The molecule has 0 saturated heterocycles. The molecule has 2 nitrogen and oxygen atoms in total. The maximum atomic E-state index is 6.04. The van der Waals surface area contributed by atoms with Crippen LogP contribution in [0, 0.1) is 0 Å². The third-order valence-corrected chi connectivity index (χ3v) is 2.75. The number of nitrogens with two attached hydrogens (primary N) is 1. The van der Waals surface area contributed by atoms with Crippen molar-refractivity contribution in [2.75, 3.05) is 0 Å². The first kappa shape index (κ1) is 11.4. The Bertz CT molecular complexity index is 310. The lowest BCUT2D eigenvalue weighted by molar-refractivity contribution is 0.657. The zero-order valence-corrected chi connectivity index (χ0v) is 9.87. The van der Waals surface area contributed by atoms with Gasteiger partial charge in [0.2, 0.25) is 0 Å². The number of pyridine rings is 1. The van der Waals surface area contributed by atoms with Gasteiger partial charge in [0.05, 0.1) is 0 Å². The SMILES string of the molecule is C/C=C/CC[C@@H](N)c1ccncc1Br. The smallest absolute Gasteiger partial charge is 0.0413 e. The molecule has 14 heavy (non-hydrogen) atoms. The minimum atomic E-state index is 0.0866. The normalized spacial score (nSPS) is 13.4. The van der Waals surface area contributed by atoms with E-state index in [-0.39, 0.29) is 6.04 Å². The van der Waals surface area contributed by atoms with Crippen molar-refractivity contribution in [3.05, 3.63) is 40.6 Å². The van der Waals surface area contributed by atoms with Gasteiger partial charge in [-0.25, -0.2) is 0 Å². The van der Waals surface area contributed by atoms with E-state index in [2.05, 4.69) is 27.0 Å². The van der Waals surface area contributed by atoms with E-state index in [4.69, 9.17) is 5.73 Å². The van der Waals surface area contributed by atoms with E-state index in [0.29, 0.717) is 0 Å². The fraction of sp³-hybridized carbons (Fsp3) is 0.364. The Kier molecular flexibility index (Phi) is 4.84. The summed E-state index contributed by atoms with van der Waals surface area (Å²) in [6.07, 6.45) is 9.73. The summed E-state index contributed by atoms with van der Waals surface area (Å²) in [5.41, 5.74) is 7.17. The molecule has 0 radical (unpaired) electrons. The highest BCUT2D eigenvalue weighted by molar-refractivity contribution is 9.10. The van der Waals surface area contributed by atoms with Gasteiger partial charge in [0, 0.05) is 22.9 Å². The van der Waals surface area contributed by atoms with Gasteiger partial charge in [-0.15, -0.1) is 0 Å². The Labute approximate surface area is 93.4 Å². The van der Waals surface area contributed by atoms with E-state index < -0.39 is 0 Å². The quantitative estimate of drug-likeness (QED) is 0.839. The van der Waals surface area contributed by atoms with Crippen molar-refractivity contribution in [2.24, 2.45) is 5.73 Å². The average Bonchev–Trinajstić information content (AvgIpc) is 2.18. The largest absolute Gasteiger partial charge is 0.324 e. The standard InChI is InChI=1S/C11H15BrN2/c1-2-3-4-5-11(13)9-6-7-14-8-10(9)12/h2-3,6-8,11H,4-5,13H2,1H3/b3-2+/t11-/m1/s1. The van der Waals surface area contributed by atoms with E-state index in [1.54, 1.807) is 12.4 Å². The van der Waals surface area contributed by atoms with Crippen LogP contribution in [0.5, 0.6) is 0 Å². The van der Waals surface area contributed by atoms with Gasteiger partial charge >= 0.3 is 0 Å². The molecule has 1 aromatic heterocycles. The number of allylic oxidation sites excluding steroid dienone is 2. The monoisotopic (exact) mass is 254 g/mol. The highest BCUT2D eigenvalue weighted by Crippen LogP contribution is 2.23. The number of hydrogen-bond acceptors (Lipinski definition) is 2. The van der Waals surface area contributed by atoms with E-state index in [1.807, 2.05) is 19.1 Å². The number of rotatable bonds is 4. The summed E-state index contributed by atoms with van der Waals surface area (Å²) in [5.74, 6) is 0. The molecule has 0 unspecified atom stereocenters. The molecule has 0 aliphatic carbocycles. The summed E-state index contributed by atoms with van der Waals surface area (Å²) in [6, 6.07) is 2.05. The molecule has 0 bridgehead atoms. The molecule has 1 rings (SSSR count). The number of aromatic nitrogens is 1. The van der Waals surface area contributed by atoms with E-state index in [0.717, 1.165) is 22.9 Å². The number of halogens is 1. The molecular formula is C11H15BrN2. The summed E-state index contributed by atoms with van der Waals surface area (Å²) in [5, 5.41) is 0. The summed E-state index contributed by atoms with van der Waals surface area (Å²) >= 11 is 3.45. The lowest BCUT2D eigenvalue weighted by Gasteiger charge is -2.11. The van der Waals surface area contributed by atoms with Crippen LogP contribution in [-0.2, 0) is 0 Å². The highest BCUT2D eigenvalue weighted by Gasteiger charge is 2.07. The van der Waals surface area contributed by atoms with Crippen molar-refractivity contribution in [1.82, 2.24) is 4.98 Å². The van der Waals surface area contributed by atoms with Gasteiger partial charge in [0.15, 0.2) is 0 Å². The first-order valence-electron chi connectivity index (χ1n) is 4.72. The summed E-state index contributed by atoms with van der Waals surface area (Å²) in [7, 11) is 0. The van der Waals surface area contributed by atoms with Gasteiger partial charge < -0.3 is 5.73 Å². The number of hydrogen-bond donors (Lipinski definition) is 1. The van der Waals surface area contributed by atoms with Crippen molar-refractivity contribution >= 4 is 15.9 Å². The van der Waals surface area contributed by atoms with Gasteiger partial charge in [-0.1, -0.05) is 12.2 Å². The molecule has 0 fully saturated rings. The minimum absolute atomic E-state index is 0.0866. The fourth-order valence-corrected chi connectivity index (χ4v) is 1.83. The first-order valence-corrected chi connectivity index (χ1v) is 5.51. The topological polar surface area (TPSA) is 38.9 Å². The second-order valence-electron chi connectivity index (χ2n) is 3.15. The van der Waals surface area contributed by atoms with Crippen LogP contribution < -0.4 is 5.73 Å². The zero-order chi connectivity index (χ0) is 10.4. The molecule has 1 heterocycles. The summed E-state index contributed by atoms with van der Waals surface area (Å²) in [4.78, 5) is 4.01. The lowest BCUT2D eigenvalue weighted by Crippen LogP contribution is -2.10. The molecule has 0 spiro atoms. The maximum Gasteiger partial charge on any atom is 0.0413 e. The minimum Gasteiger partial charge on any atom is -0.324 e. The molecule has 0 aliphatic heterocycles. The van der Waals surface area contributed by atoms with Gasteiger partial charge in [-0.05, 0) is 47.3 Å². The molecule has 0 aromatic carbocycles. The highest BCUT2D eigenvalue weighted by atomic mass is 79.9. The molecule has 76 valence electrons. The van der Waals surface area contributed by atoms with E-state index >= 15 is 0 Å². The maximum absolute atomic E-state index is 6.04. The van der Waals surface area contributed by atoms with Crippen LogP contribution in [-0.4, -0.2) is 4.98 Å². The Hall–Kier alpha value is -0.670. The molecule has 1 aromatic rings. The third kappa shape index (κ3) is 3.24.